The van der Waals surface area contributed by atoms with Gasteiger partial charge in [0, 0.05) is 30.8 Å². The molecule has 1 unspecified atom stereocenters. The van der Waals surface area contributed by atoms with Gasteiger partial charge in [0.05, 0.1) is 6.61 Å². The lowest BCUT2D eigenvalue weighted by Gasteiger charge is -2.27. The number of aliphatic carboxylic acids is 1. The Kier molecular flexibility index (Phi) is 37.5. The number of carboxylic acids is 1. The number of carboxylic acid groups (broad SMARTS) is 1. The number of hydrogen-bond acceptors (Lipinski definition) is 17. The van der Waals surface area contributed by atoms with Crippen molar-refractivity contribution in [2.24, 2.45) is 22.9 Å². The third-order valence-electron chi connectivity index (χ3n) is 10.7. The van der Waals surface area contributed by atoms with Crippen LogP contribution in [0.25, 0.3) is 0 Å². The summed E-state index contributed by atoms with van der Waals surface area (Å²) >= 11 is 1.12. The van der Waals surface area contributed by atoms with Gasteiger partial charge in [0.25, 0.3) is 0 Å². The van der Waals surface area contributed by atoms with Crippen molar-refractivity contribution in [3.8, 4) is 0 Å². The van der Waals surface area contributed by atoms with E-state index in [9.17, 15) is 53.4 Å². The number of aliphatic hydroxyl groups excluding tert-OH is 1. The predicted molar refractivity (Wildman–Crippen MR) is 261 cm³/mol. The summed E-state index contributed by atoms with van der Waals surface area (Å²) in [5, 5.41) is 35.7. The monoisotopic (exact) mass is 1000 g/mol. The van der Waals surface area contributed by atoms with E-state index in [1.54, 1.807) is 13.8 Å². The van der Waals surface area contributed by atoms with Crippen molar-refractivity contribution in [3.63, 3.8) is 0 Å². The van der Waals surface area contributed by atoms with Crippen LogP contribution in [0.15, 0.2) is 0 Å². The zero-order chi connectivity index (χ0) is 52.0. The van der Waals surface area contributed by atoms with E-state index in [-0.39, 0.29) is 76.1 Å². The molecule has 0 heterocycles. The van der Waals surface area contributed by atoms with Gasteiger partial charge in [-0.2, -0.15) is 11.8 Å². The molecule has 23 nitrogen and oxygen atoms in total. The van der Waals surface area contributed by atoms with Crippen LogP contribution >= 0.6 is 11.8 Å². The number of thioether (sulfide) groups is 1. The maximum atomic E-state index is 14.0. The van der Waals surface area contributed by atoms with Crippen LogP contribution in [-0.2, 0) is 52.6 Å². The number of carbonyl (C=O) groups is 9. The number of amides is 6. The van der Waals surface area contributed by atoms with Gasteiger partial charge in [0.2, 0.25) is 35.4 Å². The molecule has 0 aliphatic carbocycles. The van der Waals surface area contributed by atoms with Crippen LogP contribution in [0.1, 0.15) is 136 Å². The average Bonchev–Trinajstić information content (AvgIpc) is 3.32. The Bertz CT molecular complexity index is 1550. The second-order valence-corrected chi connectivity index (χ2v) is 17.7. The molecule has 0 saturated carbocycles. The first kappa shape index (κ1) is 64.4. The summed E-state index contributed by atoms with van der Waals surface area (Å²) < 4.78 is 10.6. The number of carbonyl (C=O) groups excluding carboxylic acids is 8. The Hall–Kier alpha value is -4.62. The summed E-state index contributed by atoms with van der Waals surface area (Å²) in [6.07, 6.45) is 5.55. The topological polar surface area (TPSA) is 389 Å². The summed E-state index contributed by atoms with van der Waals surface area (Å²) in [7, 11) is 0. The minimum absolute atomic E-state index is 0.0350. The summed E-state index contributed by atoms with van der Waals surface area (Å²) in [6.45, 7) is 5.24. The quantitative estimate of drug-likeness (QED) is 0.0260. The number of hydrogen-bond donors (Lipinski definition) is 12. The Morgan fingerprint density at radius 3 is 1.30 bits per heavy atom. The van der Waals surface area contributed by atoms with Crippen LogP contribution in [0.3, 0.4) is 0 Å². The highest BCUT2D eigenvalue weighted by Crippen LogP contribution is 2.13. The molecule has 0 fully saturated rings. The van der Waals surface area contributed by atoms with Crippen LogP contribution in [0.5, 0.6) is 0 Å². The van der Waals surface area contributed by atoms with Gasteiger partial charge in [-0.3, -0.25) is 38.4 Å². The molecular weight excluding hydrogens is 921 g/mol. The first-order chi connectivity index (χ1) is 33.0. The van der Waals surface area contributed by atoms with Crippen molar-refractivity contribution in [2.75, 3.05) is 50.9 Å². The fraction of sp³-hybridized carbons (Fsp3) is 0.800. The normalized spacial score (nSPS) is 14.1. The minimum atomic E-state index is -1.61. The zero-order valence-electron chi connectivity index (χ0n) is 41.0. The smallest absolute Gasteiger partial charge is 0.326 e. The van der Waals surface area contributed by atoms with Crippen LogP contribution in [0, 0.1) is 0 Å². The number of unbranched alkanes of at least 4 members (excludes halogenated alkanes) is 6. The highest BCUT2D eigenvalue weighted by molar-refractivity contribution is 7.99. The number of rotatable bonds is 42. The Labute approximate surface area is 411 Å². The predicted octanol–water partition coefficient (Wildman–Crippen LogP) is -0.923. The molecule has 0 radical (unpaired) electrons. The molecule has 0 saturated heterocycles. The number of esters is 2. The van der Waals surface area contributed by atoms with Gasteiger partial charge in [-0.1, -0.05) is 33.6 Å². The molecule has 6 amide bonds. The lowest BCUT2D eigenvalue weighted by molar-refractivity contribution is -0.157. The maximum absolute atomic E-state index is 14.0. The molecule has 0 aromatic heterocycles. The van der Waals surface area contributed by atoms with Gasteiger partial charge in [-0.15, -0.1) is 0 Å². The first-order valence-corrected chi connectivity index (χ1v) is 25.6. The van der Waals surface area contributed by atoms with E-state index in [0.29, 0.717) is 70.9 Å². The standard InChI is InChI=1S/C45H84N10O13S/c1-4-7-8-21-37(57)50-36(29-69-28-30(68-39(59)6-3)27-67-38(58)5-2)44(64)55-35(26-56)43(63)53-32(18-10-14-23-47)41(61)51-31(17-9-13-22-46)40(60)52-33(19-11-15-24-48)42(62)54-34(45(65)66)20-12-16-25-49/h30-36,56H,4-29,46-49H2,1-3H3,(H,50,57)(H,51,61)(H,52,60)(H,53,63)(H,54,62)(H,55,64)(H,65,66)/t30?,31-,32-,33-,34-,35-,36+/m0/s1. The average molecular weight is 1010 g/mol. The van der Waals surface area contributed by atoms with Crippen molar-refractivity contribution in [1.29, 1.82) is 0 Å². The van der Waals surface area contributed by atoms with Crippen LogP contribution in [0.4, 0.5) is 0 Å². The summed E-state index contributed by atoms with van der Waals surface area (Å²) in [5.41, 5.74) is 22.7. The Balaban J connectivity index is 6.44. The van der Waals surface area contributed by atoms with Gasteiger partial charge in [-0.05, 0) is 110 Å². The molecule has 0 bridgehead atoms. The molecule has 0 spiro atoms. The van der Waals surface area contributed by atoms with Gasteiger partial charge in [0.15, 0.2) is 0 Å². The summed E-state index contributed by atoms with van der Waals surface area (Å²) in [6, 6.07) is -7.81. The van der Waals surface area contributed by atoms with Crippen molar-refractivity contribution < 1.29 is 62.8 Å². The first-order valence-electron chi connectivity index (χ1n) is 24.4. The molecule has 24 heteroatoms. The highest BCUT2D eigenvalue weighted by Gasteiger charge is 2.33. The molecule has 0 aliphatic rings. The minimum Gasteiger partial charge on any atom is -0.480 e. The third kappa shape index (κ3) is 29.9. The Morgan fingerprint density at radius 1 is 0.493 bits per heavy atom. The fourth-order valence-corrected chi connectivity index (χ4v) is 7.60. The van der Waals surface area contributed by atoms with Gasteiger partial charge in [-0.25, -0.2) is 4.79 Å². The SMILES string of the molecule is CCCCCC(=O)N[C@H](CSCC(COC(=O)CC)OC(=O)CC)C(=O)N[C@@H](CO)C(=O)N[C@@H](CCCCN)C(=O)N[C@@H](CCCCN)C(=O)N[C@@H](CCCCN)C(=O)N[C@@H](CCCCN)C(=O)O. The van der Waals surface area contributed by atoms with Crippen molar-refractivity contribution >= 4 is 65.1 Å². The number of ether oxygens (including phenoxy) is 2. The highest BCUT2D eigenvalue weighted by atomic mass is 32.2. The molecule has 0 rings (SSSR count). The van der Waals surface area contributed by atoms with Gasteiger partial charge < -0.3 is 74.5 Å². The van der Waals surface area contributed by atoms with Crippen molar-refractivity contribution in [3.05, 3.63) is 0 Å². The molecule has 7 atom stereocenters. The van der Waals surface area contributed by atoms with Crippen LogP contribution in [-0.4, -0.2) is 157 Å². The molecule has 0 aromatic carbocycles. The second kappa shape index (κ2) is 40.1. The maximum Gasteiger partial charge on any atom is 0.326 e. The molecule has 69 heavy (non-hydrogen) atoms. The van der Waals surface area contributed by atoms with Crippen molar-refractivity contribution in [1.82, 2.24) is 31.9 Å². The van der Waals surface area contributed by atoms with Gasteiger partial charge >= 0.3 is 17.9 Å². The fourth-order valence-electron chi connectivity index (χ4n) is 6.57. The van der Waals surface area contributed by atoms with E-state index in [0.717, 1.165) is 24.6 Å². The summed E-state index contributed by atoms with van der Waals surface area (Å²) in [5.74, 6) is -6.77. The van der Waals surface area contributed by atoms with E-state index < -0.39 is 102 Å². The summed E-state index contributed by atoms with van der Waals surface area (Å²) in [4.78, 5) is 118. The largest absolute Gasteiger partial charge is 0.480 e. The molecule has 398 valence electrons. The van der Waals surface area contributed by atoms with Crippen LogP contribution in [0.2, 0.25) is 0 Å². The number of nitrogens with one attached hydrogen (secondary N) is 6. The van der Waals surface area contributed by atoms with Crippen molar-refractivity contribution in [2.45, 2.75) is 179 Å². The zero-order valence-corrected chi connectivity index (χ0v) is 41.8. The third-order valence-corrected chi connectivity index (χ3v) is 11.8. The molecule has 16 N–H and O–H groups in total. The van der Waals surface area contributed by atoms with E-state index >= 15 is 0 Å². The molecule has 0 aromatic rings. The molecular formula is C45H84N10O13S. The molecule has 0 aliphatic heterocycles. The van der Waals surface area contributed by atoms with Crippen LogP contribution < -0.4 is 54.8 Å². The van der Waals surface area contributed by atoms with E-state index in [1.165, 1.54) is 0 Å². The lowest BCUT2D eigenvalue weighted by atomic mass is 10.0. The van der Waals surface area contributed by atoms with E-state index in [2.05, 4.69) is 31.9 Å². The number of nitrogens with two attached hydrogens (primary N) is 4. The second-order valence-electron chi connectivity index (χ2n) is 16.6. The van der Waals surface area contributed by atoms with Gasteiger partial charge in [0.1, 0.15) is 49.0 Å². The Morgan fingerprint density at radius 2 is 0.899 bits per heavy atom. The van der Waals surface area contributed by atoms with E-state index in [4.69, 9.17) is 32.4 Å². The lowest BCUT2D eigenvalue weighted by Crippen LogP contribution is -2.60. The number of aliphatic hydroxyl groups is 1. The van der Waals surface area contributed by atoms with E-state index in [1.807, 2.05) is 6.92 Å².